The van der Waals surface area contributed by atoms with Crippen LogP contribution in [-0.4, -0.2) is 30.6 Å². The Morgan fingerprint density at radius 1 is 1.57 bits per heavy atom. The quantitative estimate of drug-likeness (QED) is 0.656. The molecule has 7 heteroatoms. The van der Waals surface area contributed by atoms with Crippen LogP contribution in [0.2, 0.25) is 0 Å². The fourth-order valence-electron chi connectivity index (χ4n) is 2.62. The summed E-state index contributed by atoms with van der Waals surface area (Å²) in [5, 5.41) is 10.9. The third-order valence-electron chi connectivity index (χ3n) is 3.58. The maximum Gasteiger partial charge on any atom is 0.312 e. The number of piperidine rings is 1. The fraction of sp³-hybridized carbons (Fsp3) is 0.571. The molecule has 5 N–H and O–H groups in total. The molecule has 1 saturated heterocycles. The van der Waals surface area contributed by atoms with Crippen LogP contribution in [-0.2, 0) is 4.79 Å². The first kappa shape index (κ1) is 15.8. The lowest BCUT2D eigenvalue weighted by atomic mass is 10.00. The second-order valence-corrected chi connectivity index (χ2v) is 6.40. The third kappa shape index (κ3) is 5.02. The summed E-state index contributed by atoms with van der Waals surface area (Å²) >= 11 is 1.50. The van der Waals surface area contributed by atoms with E-state index < -0.39 is 6.03 Å². The normalized spacial score (nSPS) is 23.3. The van der Waals surface area contributed by atoms with Gasteiger partial charge in [-0.2, -0.15) is 0 Å². The molecule has 1 aliphatic heterocycles. The van der Waals surface area contributed by atoms with E-state index in [1.54, 1.807) is 0 Å². The zero-order chi connectivity index (χ0) is 15.2. The van der Waals surface area contributed by atoms with Gasteiger partial charge in [-0.25, -0.2) is 4.79 Å². The summed E-state index contributed by atoms with van der Waals surface area (Å²) < 4.78 is 0. The first-order chi connectivity index (χ1) is 10.0. The molecule has 2 rings (SSSR count). The highest BCUT2D eigenvalue weighted by Crippen LogP contribution is 2.22. The number of thiophene rings is 1. The SMILES string of the molecule is CC1CC(NC(=O)CC(NC(N)=O)c2cccs2)CCN1. The van der Waals surface area contributed by atoms with Gasteiger partial charge in [0, 0.05) is 17.0 Å². The lowest BCUT2D eigenvalue weighted by Crippen LogP contribution is -2.47. The Morgan fingerprint density at radius 2 is 2.38 bits per heavy atom. The average molecular weight is 310 g/mol. The van der Waals surface area contributed by atoms with E-state index in [-0.39, 0.29) is 24.4 Å². The molecular weight excluding hydrogens is 288 g/mol. The summed E-state index contributed by atoms with van der Waals surface area (Å²) in [4.78, 5) is 24.2. The average Bonchev–Trinajstić information content (AvgIpc) is 2.91. The van der Waals surface area contributed by atoms with E-state index >= 15 is 0 Å². The van der Waals surface area contributed by atoms with Crippen molar-refractivity contribution in [3.8, 4) is 0 Å². The summed E-state index contributed by atoms with van der Waals surface area (Å²) in [6, 6.07) is 3.43. The van der Waals surface area contributed by atoms with Gasteiger partial charge in [0.1, 0.15) is 0 Å². The van der Waals surface area contributed by atoms with Crippen LogP contribution in [0.5, 0.6) is 0 Å². The minimum Gasteiger partial charge on any atom is -0.353 e. The maximum absolute atomic E-state index is 12.2. The van der Waals surface area contributed by atoms with Crippen LogP contribution >= 0.6 is 11.3 Å². The molecule has 1 fully saturated rings. The van der Waals surface area contributed by atoms with E-state index in [1.807, 2.05) is 17.5 Å². The third-order valence-corrected chi connectivity index (χ3v) is 4.57. The van der Waals surface area contributed by atoms with Gasteiger partial charge in [0.2, 0.25) is 5.91 Å². The summed E-state index contributed by atoms with van der Waals surface area (Å²) in [6.45, 7) is 3.03. The van der Waals surface area contributed by atoms with Gasteiger partial charge in [0.15, 0.2) is 0 Å². The Bertz CT molecular complexity index is 477. The number of carbonyl (C=O) groups excluding carboxylic acids is 2. The highest BCUT2D eigenvalue weighted by atomic mass is 32.1. The molecule has 1 aromatic heterocycles. The van der Waals surface area contributed by atoms with Gasteiger partial charge in [-0.05, 0) is 37.8 Å². The topological polar surface area (TPSA) is 96.2 Å². The van der Waals surface area contributed by atoms with Crippen LogP contribution in [0.25, 0.3) is 0 Å². The molecule has 1 aromatic rings. The molecule has 3 atom stereocenters. The van der Waals surface area contributed by atoms with Crippen molar-refractivity contribution in [1.82, 2.24) is 16.0 Å². The second kappa shape index (κ2) is 7.42. The summed E-state index contributed by atoms with van der Waals surface area (Å²) in [7, 11) is 0. The number of rotatable bonds is 5. The van der Waals surface area contributed by atoms with Crippen molar-refractivity contribution >= 4 is 23.3 Å². The van der Waals surface area contributed by atoms with Crippen LogP contribution in [0.1, 0.15) is 37.1 Å². The number of nitrogens with one attached hydrogen (secondary N) is 3. The molecule has 0 radical (unpaired) electrons. The van der Waals surface area contributed by atoms with Crippen LogP contribution in [0.4, 0.5) is 4.79 Å². The number of urea groups is 1. The monoisotopic (exact) mass is 310 g/mol. The van der Waals surface area contributed by atoms with Gasteiger partial charge in [0.05, 0.1) is 12.5 Å². The molecule has 21 heavy (non-hydrogen) atoms. The molecule has 3 amide bonds. The van der Waals surface area contributed by atoms with Gasteiger partial charge >= 0.3 is 6.03 Å². The van der Waals surface area contributed by atoms with Crippen LogP contribution < -0.4 is 21.7 Å². The molecule has 116 valence electrons. The predicted octanol–water partition coefficient (Wildman–Crippen LogP) is 1.10. The molecule has 6 nitrogen and oxygen atoms in total. The number of amides is 3. The second-order valence-electron chi connectivity index (χ2n) is 5.42. The summed E-state index contributed by atoms with van der Waals surface area (Å²) in [6.07, 6.45) is 2.07. The van der Waals surface area contributed by atoms with Crippen molar-refractivity contribution in [1.29, 1.82) is 0 Å². The summed E-state index contributed by atoms with van der Waals surface area (Å²) in [5.41, 5.74) is 5.19. The van der Waals surface area contributed by atoms with Crippen LogP contribution in [0.3, 0.4) is 0 Å². The lowest BCUT2D eigenvalue weighted by molar-refractivity contribution is -0.122. The molecule has 0 aliphatic carbocycles. The molecule has 0 bridgehead atoms. The van der Waals surface area contributed by atoms with Gasteiger partial charge in [-0.15, -0.1) is 11.3 Å². The van der Waals surface area contributed by atoms with E-state index in [0.29, 0.717) is 6.04 Å². The first-order valence-corrected chi connectivity index (χ1v) is 8.04. The number of nitrogens with two attached hydrogens (primary N) is 1. The van der Waals surface area contributed by atoms with E-state index in [1.165, 1.54) is 11.3 Å². The minimum atomic E-state index is -0.614. The van der Waals surface area contributed by atoms with Gasteiger partial charge < -0.3 is 21.7 Å². The van der Waals surface area contributed by atoms with Gasteiger partial charge in [-0.1, -0.05) is 6.07 Å². The van der Waals surface area contributed by atoms with E-state index in [2.05, 4.69) is 22.9 Å². The van der Waals surface area contributed by atoms with E-state index in [4.69, 9.17) is 5.73 Å². The highest BCUT2D eigenvalue weighted by Gasteiger charge is 2.23. The molecule has 0 aromatic carbocycles. The number of hydrogen-bond donors (Lipinski definition) is 4. The van der Waals surface area contributed by atoms with Crippen LogP contribution in [0.15, 0.2) is 17.5 Å². The molecule has 1 aliphatic rings. The van der Waals surface area contributed by atoms with Gasteiger partial charge in [-0.3, -0.25) is 4.79 Å². The molecule has 0 saturated carbocycles. The van der Waals surface area contributed by atoms with E-state index in [9.17, 15) is 9.59 Å². The molecular formula is C14H22N4O2S. The summed E-state index contributed by atoms with van der Waals surface area (Å²) in [5.74, 6) is -0.0544. The van der Waals surface area contributed by atoms with Gasteiger partial charge in [0.25, 0.3) is 0 Å². The van der Waals surface area contributed by atoms with Crippen molar-refractivity contribution in [3.63, 3.8) is 0 Å². The predicted molar refractivity (Wildman–Crippen MR) is 83.0 cm³/mol. The zero-order valence-corrected chi connectivity index (χ0v) is 12.9. The Balaban J connectivity index is 1.90. The Kier molecular flexibility index (Phi) is 5.58. The molecule has 0 spiro atoms. The highest BCUT2D eigenvalue weighted by molar-refractivity contribution is 7.10. The Morgan fingerprint density at radius 3 is 3.00 bits per heavy atom. The smallest absolute Gasteiger partial charge is 0.312 e. The fourth-order valence-corrected chi connectivity index (χ4v) is 3.40. The number of primary amides is 1. The van der Waals surface area contributed by atoms with Crippen molar-refractivity contribution in [2.24, 2.45) is 5.73 Å². The van der Waals surface area contributed by atoms with Crippen LogP contribution in [0, 0.1) is 0 Å². The molecule has 3 unspecified atom stereocenters. The Labute approximate surface area is 128 Å². The van der Waals surface area contributed by atoms with Crippen molar-refractivity contribution < 1.29 is 9.59 Å². The lowest BCUT2D eigenvalue weighted by Gasteiger charge is -2.29. The Hall–Kier alpha value is -1.60. The largest absolute Gasteiger partial charge is 0.353 e. The molecule has 2 heterocycles. The van der Waals surface area contributed by atoms with Crippen molar-refractivity contribution in [3.05, 3.63) is 22.4 Å². The standard InChI is InChI=1S/C14H22N4O2S/c1-9-7-10(4-5-16-9)17-13(19)8-11(18-14(15)20)12-3-2-6-21-12/h2-3,6,9-11,16H,4-5,7-8H2,1H3,(H,17,19)(H3,15,18,20). The first-order valence-electron chi connectivity index (χ1n) is 7.16. The zero-order valence-electron chi connectivity index (χ0n) is 12.1. The number of carbonyl (C=O) groups is 2. The maximum atomic E-state index is 12.2. The van der Waals surface area contributed by atoms with Crippen molar-refractivity contribution in [2.45, 2.75) is 44.3 Å². The minimum absolute atomic E-state index is 0.0544. The number of hydrogen-bond acceptors (Lipinski definition) is 4. The van der Waals surface area contributed by atoms with E-state index in [0.717, 1.165) is 24.3 Å². The van der Waals surface area contributed by atoms with Crippen molar-refractivity contribution in [2.75, 3.05) is 6.54 Å².